The summed E-state index contributed by atoms with van der Waals surface area (Å²) in [5.41, 5.74) is 9.83. The zero-order valence-corrected chi connectivity index (χ0v) is 23.7. The Kier molecular flexibility index (Phi) is 5.88. The van der Waals surface area contributed by atoms with Crippen molar-refractivity contribution >= 4 is 22.4 Å². The van der Waals surface area contributed by atoms with E-state index >= 15 is 0 Å². The first kappa shape index (κ1) is 24.6. The third-order valence-electron chi connectivity index (χ3n) is 9.31. The highest BCUT2D eigenvalue weighted by molar-refractivity contribution is 5.94. The second-order valence-electron chi connectivity index (χ2n) is 12.0. The zero-order valence-electron chi connectivity index (χ0n) is 23.7. The number of hydrogen-bond donors (Lipinski definition) is 1. The average Bonchev–Trinajstić information content (AvgIpc) is 3.41. The maximum absolute atomic E-state index is 5.78. The lowest BCUT2D eigenvalue weighted by Gasteiger charge is -2.56. The van der Waals surface area contributed by atoms with Crippen LogP contribution in [0.5, 0.6) is 0 Å². The van der Waals surface area contributed by atoms with Crippen LogP contribution in [0.3, 0.4) is 0 Å². The van der Waals surface area contributed by atoms with E-state index in [1.54, 1.807) is 0 Å². The third-order valence-corrected chi connectivity index (χ3v) is 9.31. The van der Waals surface area contributed by atoms with E-state index in [0.29, 0.717) is 24.1 Å². The summed E-state index contributed by atoms with van der Waals surface area (Å²) in [4.78, 5) is 15.8. The summed E-state index contributed by atoms with van der Waals surface area (Å²) in [5, 5.41) is 8.54. The van der Waals surface area contributed by atoms with Gasteiger partial charge >= 0.3 is 0 Å². The molecule has 7 heteroatoms. The van der Waals surface area contributed by atoms with E-state index in [1.807, 2.05) is 13.3 Å². The molecular formula is C32H38N6O. The summed E-state index contributed by atoms with van der Waals surface area (Å²) >= 11 is 0. The molecule has 0 amide bonds. The summed E-state index contributed by atoms with van der Waals surface area (Å²) in [6, 6.07) is 12.1. The summed E-state index contributed by atoms with van der Waals surface area (Å²) in [7, 11) is 1.85. The number of ether oxygens (including phenoxy) is 1. The lowest BCUT2D eigenvalue weighted by Crippen LogP contribution is -2.63. The first-order valence-corrected chi connectivity index (χ1v) is 14.4. The number of fused-ring (bicyclic) bond motifs is 4. The van der Waals surface area contributed by atoms with Gasteiger partial charge in [0.25, 0.3) is 0 Å². The van der Waals surface area contributed by atoms with Crippen LogP contribution in [0.2, 0.25) is 0 Å². The van der Waals surface area contributed by atoms with Gasteiger partial charge in [0, 0.05) is 60.9 Å². The molecule has 2 bridgehead atoms. The molecule has 2 aromatic carbocycles. The van der Waals surface area contributed by atoms with Gasteiger partial charge in [0.15, 0.2) is 5.82 Å². The van der Waals surface area contributed by atoms with E-state index in [4.69, 9.17) is 14.7 Å². The Bertz CT molecular complexity index is 1550. The number of anilines is 2. The van der Waals surface area contributed by atoms with Crippen molar-refractivity contribution in [1.29, 1.82) is 0 Å². The van der Waals surface area contributed by atoms with Gasteiger partial charge in [-0.15, -0.1) is 0 Å². The monoisotopic (exact) mass is 522 g/mol. The zero-order chi connectivity index (χ0) is 26.8. The van der Waals surface area contributed by atoms with Gasteiger partial charge in [-0.25, -0.2) is 9.97 Å². The first-order chi connectivity index (χ1) is 18.9. The number of benzene rings is 2. The topological polar surface area (TPSA) is 70.2 Å². The molecule has 2 aromatic heterocycles. The summed E-state index contributed by atoms with van der Waals surface area (Å²) in [6.07, 6.45) is 6.53. The van der Waals surface area contributed by atoms with E-state index in [2.05, 4.69) is 78.0 Å². The van der Waals surface area contributed by atoms with Gasteiger partial charge in [0.1, 0.15) is 5.82 Å². The van der Waals surface area contributed by atoms with Gasteiger partial charge in [-0.3, -0.25) is 5.10 Å². The van der Waals surface area contributed by atoms with Crippen molar-refractivity contribution in [2.75, 3.05) is 23.5 Å². The van der Waals surface area contributed by atoms with Crippen molar-refractivity contribution in [3.8, 4) is 11.4 Å². The highest BCUT2D eigenvalue weighted by Crippen LogP contribution is 2.45. The predicted octanol–water partition coefficient (Wildman–Crippen LogP) is 6.08. The Labute approximate surface area is 230 Å². The fourth-order valence-electron chi connectivity index (χ4n) is 7.04. The van der Waals surface area contributed by atoms with Crippen LogP contribution >= 0.6 is 0 Å². The Balaban J connectivity index is 1.35. The minimum Gasteiger partial charge on any atom is -0.381 e. The molecule has 39 heavy (non-hydrogen) atoms. The van der Waals surface area contributed by atoms with Crippen LogP contribution in [-0.2, 0) is 17.7 Å². The number of aromatic nitrogens is 4. The fraction of sp³-hybridized carbons (Fsp3) is 0.469. The Morgan fingerprint density at radius 3 is 2.56 bits per heavy atom. The normalized spacial score (nSPS) is 22.4. The number of H-pyrrole nitrogens is 1. The molecule has 0 radical (unpaired) electrons. The minimum atomic E-state index is 0.349. The highest BCUT2D eigenvalue weighted by atomic mass is 16.5. The molecule has 1 N–H and O–H groups in total. The summed E-state index contributed by atoms with van der Waals surface area (Å²) < 4.78 is 5.78. The van der Waals surface area contributed by atoms with Crippen molar-refractivity contribution in [1.82, 2.24) is 20.2 Å². The molecule has 8 rings (SSSR count). The summed E-state index contributed by atoms with van der Waals surface area (Å²) in [5.74, 6) is 2.46. The van der Waals surface area contributed by atoms with Crippen LogP contribution in [0.1, 0.15) is 67.0 Å². The molecule has 2 saturated heterocycles. The molecule has 202 valence electrons. The SMILES string of the molecule is COC1C[C@@H]2C[C@H](C1)N2c1nc(-c2c(C)ccc3[nH]ncc23)nc2c1CN(c1cc(C(C)C)ccc1C)CC2. The van der Waals surface area contributed by atoms with Crippen molar-refractivity contribution in [2.45, 2.75) is 84.0 Å². The lowest BCUT2D eigenvalue weighted by atomic mass is 9.77. The molecule has 1 unspecified atom stereocenters. The van der Waals surface area contributed by atoms with Crippen LogP contribution in [0.15, 0.2) is 36.5 Å². The molecular weight excluding hydrogens is 484 g/mol. The Morgan fingerprint density at radius 1 is 1.00 bits per heavy atom. The number of rotatable bonds is 5. The molecule has 4 aromatic rings. The van der Waals surface area contributed by atoms with Crippen molar-refractivity contribution in [3.05, 3.63) is 64.5 Å². The molecule has 3 aliphatic heterocycles. The van der Waals surface area contributed by atoms with Crippen molar-refractivity contribution in [3.63, 3.8) is 0 Å². The second-order valence-corrected chi connectivity index (χ2v) is 12.0. The Hall–Kier alpha value is -3.45. The fourth-order valence-corrected chi connectivity index (χ4v) is 7.04. The lowest BCUT2D eigenvalue weighted by molar-refractivity contribution is 0.0241. The maximum atomic E-state index is 5.78. The van der Waals surface area contributed by atoms with E-state index in [9.17, 15) is 0 Å². The van der Waals surface area contributed by atoms with Crippen molar-refractivity contribution < 1.29 is 4.74 Å². The standard InChI is InChI=1S/C32H38N6O/c1-18(2)21-8-6-19(3)29(12-21)37-11-10-27-26(17-37)32(38-22-13-23(38)15-24(14-22)39-5)35-31(34-27)30-20(4)7-9-28-25(30)16-33-36-28/h6-9,12,16,18,22-24H,10-11,13-15,17H2,1-5H3,(H,33,36)/t22-,23+,24?. The largest absolute Gasteiger partial charge is 0.381 e. The molecule has 3 fully saturated rings. The van der Waals surface area contributed by atoms with Gasteiger partial charge in [-0.05, 0) is 67.9 Å². The number of piperidine rings is 1. The van der Waals surface area contributed by atoms with E-state index in [0.717, 1.165) is 60.5 Å². The molecule has 1 aliphatic carbocycles. The van der Waals surface area contributed by atoms with Crippen LogP contribution in [0.4, 0.5) is 11.5 Å². The van der Waals surface area contributed by atoms with Gasteiger partial charge in [-0.2, -0.15) is 5.10 Å². The quantitative estimate of drug-likeness (QED) is 0.343. The highest BCUT2D eigenvalue weighted by Gasteiger charge is 2.47. The number of aryl methyl sites for hydroxylation is 2. The van der Waals surface area contributed by atoms with Gasteiger partial charge < -0.3 is 14.5 Å². The van der Waals surface area contributed by atoms with Crippen LogP contribution in [0, 0.1) is 13.8 Å². The van der Waals surface area contributed by atoms with E-state index in [-0.39, 0.29) is 0 Å². The van der Waals surface area contributed by atoms with E-state index < -0.39 is 0 Å². The van der Waals surface area contributed by atoms with Crippen molar-refractivity contribution in [2.24, 2.45) is 0 Å². The van der Waals surface area contributed by atoms with Gasteiger partial charge in [0.05, 0.1) is 23.5 Å². The molecule has 4 aliphatic rings. The average molecular weight is 523 g/mol. The van der Waals surface area contributed by atoms with Crippen LogP contribution in [0.25, 0.3) is 22.3 Å². The number of hydrogen-bond acceptors (Lipinski definition) is 6. The van der Waals surface area contributed by atoms with Gasteiger partial charge in [0.2, 0.25) is 0 Å². The second kappa shape index (κ2) is 9.33. The third kappa shape index (κ3) is 4.01. The number of nitrogens with one attached hydrogen (secondary N) is 1. The Morgan fingerprint density at radius 2 is 1.79 bits per heavy atom. The number of aromatic amines is 1. The maximum Gasteiger partial charge on any atom is 0.162 e. The van der Waals surface area contributed by atoms with Crippen LogP contribution < -0.4 is 9.80 Å². The first-order valence-electron chi connectivity index (χ1n) is 14.4. The van der Waals surface area contributed by atoms with Crippen LogP contribution in [-0.4, -0.2) is 52.0 Å². The summed E-state index contributed by atoms with van der Waals surface area (Å²) in [6.45, 7) is 10.7. The smallest absolute Gasteiger partial charge is 0.162 e. The molecule has 0 spiro atoms. The molecule has 1 saturated carbocycles. The predicted molar refractivity (Wildman–Crippen MR) is 157 cm³/mol. The van der Waals surface area contributed by atoms with E-state index in [1.165, 1.54) is 40.1 Å². The van der Waals surface area contributed by atoms with Gasteiger partial charge in [-0.1, -0.05) is 32.0 Å². The number of nitrogens with zero attached hydrogens (tertiary/aromatic N) is 5. The molecule has 3 atom stereocenters. The molecule has 5 heterocycles. The number of methoxy groups -OCH3 is 1. The minimum absolute atomic E-state index is 0.349. The molecule has 7 nitrogen and oxygen atoms in total.